The normalized spacial score (nSPS) is 13.9. The van der Waals surface area contributed by atoms with Gasteiger partial charge in [-0.05, 0) is 37.5 Å². The molecule has 0 aliphatic carbocycles. The largest absolute Gasteiger partial charge is 0.493 e. The molecule has 12 heteroatoms. The minimum atomic E-state index is -1.03. The number of carbonyl (C=O) groups is 2. The molecule has 10 nitrogen and oxygen atoms in total. The number of carbonyl (C=O) groups excluding carboxylic acids is 2. The van der Waals surface area contributed by atoms with Crippen LogP contribution < -0.4 is 20.7 Å². The van der Waals surface area contributed by atoms with E-state index >= 15 is 0 Å². The molecular formula is C29H37F2N7O3. The Balaban J connectivity index is 1.18. The summed E-state index contributed by atoms with van der Waals surface area (Å²) in [5.41, 5.74) is 6.23. The molecule has 0 bridgehead atoms. The monoisotopic (exact) mass is 569 g/mol. The van der Waals surface area contributed by atoms with Gasteiger partial charge < -0.3 is 20.7 Å². The number of piperidine rings is 1. The Morgan fingerprint density at radius 2 is 1.78 bits per heavy atom. The summed E-state index contributed by atoms with van der Waals surface area (Å²) in [7, 11) is 0. The Hall–Kier alpha value is -4.09. The zero-order valence-corrected chi connectivity index (χ0v) is 23.5. The van der Waals surface area contributed by atoms with Gasteiger partial charge in [-0.2, -0.15) is 5.10 Å². The lowest BCUT2D eigenvalue weighted by Gasteiger charge is -2.32. The molecule has 2 aromatic heterocycles. The van der Waals surface area contributed by atoms with Crippen molar-refractivity contribution in [2.75, 3.05) is 31.1 Å². The van der Waals surface area contributed by atoms with E-state index < -0.39 is 29.0 Å². The summed E-state index contributed by atoms with van der Waals surface area (Å²) >= 11 is 0. The average Bonchev–Trinajstić information content (AvgIpc) is 3.39. The number of aromatic nitrogens is 4. The van der Waals surface area contributed by atoms with E-state index in [0.717, 1.165) is 74.5 Å². The molecular weight excluding hydrogens is 532 g/mol. The molecule has 3 heterocycles. The van der Waals surface area contributed by atoms with Gasteiger partial charge in [-0.1, -0.05) is 13.8 Å². The Kier molecular flexibility index (Phi) is 10.2. The molecule has 0 radical (unpaired) electrons. The molecule has 1 aromatic carbocycles. The van der Waals surface area contributed by atoms with Crippen LogP contribution in [-0.2, 0) is 11.3 Å². The fourth-order valence-electron chi connectivity index (χ4n) is 4.84. The highest BCUT2D eigenvalue weighted by Gasteiger charge is 2.22. The van der Waals surface area contributed by atoms with E-state index in [1.54, 1.807) is 0 Å². The molecule has 0 spiro atoms. The summed E-state index contributed by atoms with van der Waals surface area (Å²) in [5, 5.41) is 6.69. The summed E-state index contributed by atoms with van der Waals surface area (Å²) in [6.07, 6.45) is 11.1. The van der Waals surface area contributed by atoms with Gasteiger partial charge in [0.05, 0.1) is 12.8 Å². The van der Waals surface area contributed by atoms with Gasteiger partial charge in [0.1, 0.15) is 22.9 Å². The lowest BCUT2D eigenvalue weighted by Crippen LogP contribution is -2.34. The Bertz CT molecular complexity index is 1300. The topological polar surface area (TPSA) is 128 Å². The van der Waals surface area contributed by atoms with Crippen molar-refractivity contribution in [2.45, 2.75) is 52.5 Å². The first kappa shape index (κ1) is 29.9. The molecule has 0 atom stereocenters. The third-order valence-electron chi connectivity index (χ3n) is 6.98. The molecule has 1 saturated heterocycles. The summed E-state index contributed by atoms with van der Waals surface area (Å²) in [4.78, 5) is 34.2. The minimum Gasteiger partial charge on any atom is -0.493 e. The summed E-state index contributed by atoms with van der Waals surface area (Å²) in [6, 6.07) is 1.99. The highest BCUT2D eigenvalue weighted by molar-refractivity contribution is 5.95. The first-order valence-electron chi connectivity index (χ1n) is 14.0. The Morgan fingerprint density at radius 3 is 2.41 bits per heavy atom. The highest BCUT2D eigenvalue weighted by Crippen LogP contribution is 2.26. The van der Waals surface area contributed by atoms with Crippen LogP contribution in [0.25, 0.3) is 11.1 Å². The molecule has 3 N–H and O–H groups in total. The Morgan fingerprint density at radius 1 is 1.10 bits per heavy atom. The number of hydrogen-bond donors (Lipinski definition) is 2. The van der Waals surface area contributed by atoms with Crippen LogP contribution in [0.2, 0.25) is 0 Å². The zero-order chi connectivity index (χ0) is 29.4. The zero-order valence-electron chi connectivity index (χ0n) is 23.5. The van der Waals surface area contributed by atoms with E-state index in [9.17, 15) is 18.4 Å². The number of hydrogen-bond acceptors (Lipinski definition) is 7. The maximum atomic E-state index is 14.4. The highest BCUT2D eigenvalue weighted by atomic mass is 19.1. The van der Waals surface area contributed by atoms with Gasteiger partial charge in [0.15, 0.2) is 0 Å². The fraction of sp³-hybridized carbons (Fsp3) is 0.483. The third-order valence-corrected chi connectivity index (χ3v) is 6.98. The van der Waals surface area contributed by atoms with E-state index in [1.807, 2.05) is 29.5 Å². The Labute approximate surface area is 238 Å². The molecule has 4 rings (SSSR count). The lowest BCUT2D eigenvalue weighted by atomic mass is 9.92. The van der Waals surface area contributed by atoms with Crippen molar-refractivity contribution in [1.82, 2.24) is 25.1 Å². The lowest BCUT2D eigenvalue weighted by molar-refractivity contribution is -0.117. The molecule has 220 valence electrons. The molecule has 3 aromatic rings. The smallest absolute Gasteiger partial charge is 0.257 e. The van der Waals surface area contributed by atoms with Gasteiger partial charge in [-0.25, -0.2) is 18.7 Å². The van der Waals surface area contributed by atoms with Crippen LogP contribution >= 0.6 is 0 Å². The molecule has 0 unspecified atom stereocenters. The van der Waals surface area contributed by atoms with Crippen molar-refractivity contribution in [1.29, 1.82) is 0 Å². The number of ether oxygens (including phenoxy) is 1. The van der Waals surface area contributed by atoms with E-state index in [4.69, 9.17) is 10.5 Å². The van der Waals surface area contributed by atoms with Gasteiger partial charge in [-0.15, -0.1) is 0 Å². The number of nitrogens with zero attached hydrogens (tertiary/aromatic N) is 5. The molecule has 1 aliphatic rings. The summed E-state index contributed by atoms with van der Waals surface area (Å²) in [6.45, 7) is 7.10. The van der Waals surface area contributed by atoms with Gasteiger partial charge in [0.25, 0.3) is 5.91 Å². The van der Waals surface area contributed by atoms with Crippen LogP contribution in [0.15, 0.2) is 36.9 Å². The fourth-order valence-corrected chi connectivity index (χ4v) is 4.84. The van der Waals surface area contributed by atoms with Crippen LogP contribution in [-0.4, -0.2) is 57.8 Å². The summed E-state index contributed by atoms with van der Waals surface area (Å²) < 4.78 is 36.3. The van der Waals surface area contributed by atoms with Gasteiger partial charge >= 0.3 is 0 Å². The third kappa shape index (κ3) is 8.45. The molecule has 41 heavy (non-hydrogen) atoms. The van der Waals surface area contributed by atoms with Crippen LogP contribution in [0.5, 0.6) is 5.75 Å². The number of anilines is 1. The second-order valence-electron chi connectivity index (χ2n) is 10.8. The van der Waals surface area contributed by atoms with E-state index in [1.165, 1.54) is 0 Å². The number of primary amides is 1. The van der Waals surface area contributed by atoms with Crippen molar-refractivity contribution in [3.05, 3.63) is 54.1 Å². The number of rotatable bonds is 13. The van der Waals surface area contributed by atoms with Gasteiger partial charge in [0, 0.05) is 74.5 Å². The van der Waals surface area contributed by atoms with Crippen LogP contribution in [0.3, 0.4) is 0 Å². The maximum absolute atomic E-state index is 14.4. The maximum Gasteiger partial charge on any atom is 0.257 e. The molecule has 1 aliphatic heterocycles. The molecule has 0 saturated carbocycles. The van der Waals surface area contributed by atoms with E-state index in [0.29, 0.717) is 18.4 Å². The quantitative estimate of drug-likeness (QED) is 0.298. The number of nitrogens with one attached hydrogen (secondary N) is 1. The standard InChI is InChI=1S/C29H37F2N7O3/c1-19(2)17-38-18-22(16-36-38)21-14-34-29(35-15-21)37-9-6-20(7-10-37)4-3-11-41-23-12-24(30)27(25(31)13-23)28(40)33-8-5-26(32)39/h12-16,18-20H,3-11,17H2,1-2H3,(H2,32,39)(H,33,40). The van der Waals surface area contributed by atoms with E-state index in [-0.39, 0.29) is 18.7 Å². The van der Waals surface area contributed by atoms with Gasteiger partial charge in [-0.3, -0.25) is 14.3 Å². The average molecular weight is 570 g/mol. The van der Waals surface area contributed by atoms with Crippen LogP contribution in [0.1, 0.15) is 56.3 Å². The number of amides is 2. The number of benzene rings is 1. The van der Waals surface area contributed by atoms with Crippen molar-refractivity contribution in [3.63, 3.8) is 0 Å². The predicted octanol–water partition coefficient (Wildman–Crippen LogP) is 3.96. The molecule has 1 fully saturated rings. The van der Waals surface area contributed by atoms with Crippen molar-refractivity contribution >= 4 is 17.8 Å². The van der Waals surface area contributed by atoms with Crippen LogP contribution in [0, 0.1) is 23.5 Å². The second kappa shape index (κ2) is 14.0. The number of halogens is 2. The predicted molar refractivity (Wildman–Crippen MR) is 150 cm³/mol. The number of nitrogens with two attached hydrogens (primary N) is 1. The van der Waals surface area contributed by atoms with Crippen molar-refractivity contribution < 1.29 is 23.1 Å². The van der Waals surface area contributed by atoms with Crippen LogP contribution in [0.4, 0.5) is 14.7 Å². The SMILES string of the molecule is CC(C)Cn1cc(-c2cnc(N3CCC(CCCOc4cc(F)c(C(=O)NCCC(N)=O)c(F)c4)CC3)nc2)cn1. The minimum absolute atomic E-state index is 0.0244. The first-order chi connectivity index (χ1) is 19.7. The van der Waals surface area contributed by atoms with Crippen molar-refractivity contribution in [2.24, 2.45) is 17.6 Å². The van der Waals surface area contributed by atoms with E-state index in [2.05, 4.69) is 39.1 Å². The summed E-state index contributed by atoms with van der Waals surface area (Å²) in [5.74, 6) is -1.85. The molecule has 2 amide bonds. The van der Waals surface area contributed by atoms with Gasteiger partial charge in [0.2, 0.25) is 11.9 Å². The van der Waals surface area contributed by atoms with Crippen molar-refractivity contribution in [3.8, 4) is 16.9 Å². The first-order valence-corrected chi connectivity index (χ1v) is 14.0. The second-order valence-corrected chi connectivity index (χ2v) is 10.8.